The van der Waals surface area contributed by atoms with E-state index in [0.29, 0.717) is 10.8 Å². The largest absolute Gasteiger partial charge is 0.332 e. The van der Waals surface area contributed by atoms with Crippen molar-refractivity contribution in [3.8, 4) is 0 Å². The minimum atomic E-state index is -3.73. The van der Waals surface area contributed by atoms with Gasteiger partial charge in [0.2, 0.25) is 10.0 Å². The van der Waals surface area contributed by atoms with Crippen LogP contribution in [0.4, 0.5) is 11.4 Å². The standard InChI is InChI=1S/C13H12IN3O2S2/c14-11-6-1-2-7-12(11)17-13(20)16-9-4-3-5-10(8-9)21(15,18)19/h1-8H,(H2,15,18,19)(H2,16,17,20). The van der Waals surface area contributed by atoms with Crippen LogP contribution < -0.4 is 15.8 Å². The summed E-state index contributed by atoms with van der Waals surface area (Å²) in [6, 6.07) is 13.8. The molecule has 0 radical (unpaired) electrons. The summed E-state index contributed by atoms with van der Waals surface area (Å²) in [5.41, 5.74) is 1.42. The number of para-hydroxylation sites is 1. The molecule has 0 saturated heterocycles. The molecule has 4 N–H and O–H groups in total. The van der Waals surface area contributed by atoms with Crippen LogP contribution in [-0.2, 0) is 10.0 Å². The molecule has 0 amide bonds. The minimum Gasteiger partial charge on any atom is -0.332 e. The van der Waals surface area contributed by atoms with Gasteiger partial charge in [-0.05, 0) is 65.1 Å². The number of hydrogen-bond donors (Lipinski definition) is 3. The number of halogens is 1. The third-order valence-electron chi connectivity index (χ3n) is 2.54. The number of nitrogens with two attached hydrogens (primary N) is 1. The van der Waals surface area contributed by atoms with Gasteiger partial charge in [-0.3, -0.25) is 0 Å². The maximum absolute atomic E-state index is 11.3. The molecule has 110 valence electrons. The average Bonchev–Trinajstić information content (AvgIpc) is 2.41. The Kier molecular flexibility index (Phi) is 5.14. The highest BCUT2D eigenvalue weighted by atomic mass is 127. The Hall–Kier alpha value is -1.23. The number of anilines is 2. The van der Waals surface area contributed by atoms with Crippen LogP contribution in [0.1, 0.15) is 0 Å². The zero-order valence-electron chi connectivity index (χ0n) is 10.7. The molecule has 0 aliphatic heterocycles. The molecule has 0 aromatic heterocycles. The van der Waals surface area contributed by atoms with Crippen molar-refractivity contribution in [1.29, 1.82) is 0 Å². The van der Waals surface area contributed by atoms with E-state index in [1.54, 1.807) is 12.1 Å². The number of benzene rings is 2. The van der Waals surface area contributed by atoms with Crippen molar-refractivity contribution in [2.24, 2.45) is 5.14 Å². The second-order valence-corrected chi connectivity index (χ2v) is 7.26. The number of nitrogens with one attached hydrogen (secondary N) is 2. The number of hydrogen-bond acceptors (Lipinski definition) is 3. The summed E-state index contributed by atoms with van der Waals surface area (Å²) in [6.45, 7) is 0. The molecule has 2 aromatic rings. The zero-order valence-corrected chi connectivity index (χ0v) is 14.5. The predicted molar refractivity (Wildman–Crippen MR) is 96.8 cm³/mol. The Labute approximate surface area is 142 Å². The van der Waals surface area contributed by atoms with Gasteiger partial charge in [-0.2, -0.15) is 0 Å². The lowest BCUT2D eigenvalue weighted by atomic mass is 10.3. The van der Waals surface area contributed by atoms with Crippen molar-refractivity contribution in [1.82, 2.24) is 0 Å². The molecule has 21 heavy (non-hydrogen) atoms. The van der Waals surface area contributed by atoms with Crippen LogP contribution in [0.25, 0.3) is 0 Å². The highest BCUT2D eigenvalue weighted by molar-refractivity contribution is 14.1. The van der Waals surface area contributed by atoms with E-state index in [0.717, 1.165) is 9.26 Å². The third-order valence-corrected chi connectivity index (χ3v) is 4.60. The van der Waals surface area contributed by atoms with E-state index < -0.39 is 10.0 Å². The molecule has 0 heterocycles. The first kappa shape index (κ1) is 16.1. The topological polar surface area (TPSA) is 84.2 Å². The summed E-state index contributed by atoms with van der Waals surface area (Å²) in [5, 5.41) is 11.4. The summed E-state index contributed by atoms with van der Waals surface area (Å²) in [5.74, 6) is 0. The van der Waals surface area contributed by atoms with Gasteiger partial charge < -0.3 is 10.6 Å². The van der Waals surface area contributed by atoms with E-state index in [9.17, 15) is 8.42 Å². The highest BCUT2D eigenvalue weighted by Gasteiger charge is 2.08. The van der Waals surface area contributed by atoms with Crippen LogP contribution in [0.15, 0.2) is 53.4 Å². The Balaban J connectivity index is 2.12. The predicted octanol–water partition coefficient (Wildman–Crippen LogP) is 2.75. The van der Waals surface area contributed by atoms with Crippen molar-refractivity contribution < 1.29 is 8.42 Å². The zero-order chi connectivity index (χ0) is 15.5. The van der Waals surface area contributed by atoms with Gasteiger partial charge in [-0.15, -0.1) is 0 Å². The van der Waals surface area contributed by atoms with Crippen LogP contribution in [0.5, 0.6) is 0 Å². The first-order chi connectivity index (χ1) is 9.86. The van der Waals surface area contributed by atoms with Gasteiger partial charge >= 0.3 is 0 Å². The SMILES string of the molecule is NS(=O)(=O)c1cccc(NC(=S)Nc2ccccc2I)c1. The van der Waals surface area contributed by atoms with Crippen LogP contribution in [0.3, 0.4) is 0 Å². The van der Waals surface area contributed by atoms with Crippen molar-refractivity contribution in [3.05, 3.63) is 52.1 Å². The summed E-state index contributed by atoms with van der Waals surface area (Å²) >= 11 is 7.40. The molecule has 0 saturated carbocycles. The molecule has 2 aromatic carbocycles. The summed E-state index contributed by atoms with van der Waals surface area (Å²) < 4.78 is 23.6. The smallest absolute Gasteiger partial charge is 0.238 e. The summed E-state index contributed by atoms with van der Waals surface area (Å²) in [7, 11) is -3.73. The fourth-order valence-corrected chi connectivity index (χ4v) is 2.91. The summed E-state index contributed by atoms with van der Waals surface area (Å²) in [4.78, 5) is 0.0320. The molecule has 0 atom stereocenters. The first-order valence-electron chi connectivity index (χ1n) is 5.81. The quantitative estimate of drug-likeness (QED) is 0.512. The lowest BCUT2D eigenvalue weighted by molar-refractivity contribution is 0.598. The fraction of sp³-hybridized carbons (Fsp3) is 0. The molecule has 0 fully saturated rings. The Bertz CT molecular complexity index is 778. The van der Waals surface area contributed by atoms with Gasteiger partial charge in [0.1, 0.15) is 0 Å². The maximum atomic E-state index is 11.3. The van der Waals surface area contributed by atoms with Crippen LogP contribution in [0, 0.1) is 3.57 Å². The molecule has 2 rings (SSSR count). The van der Waals surface area contributed by atoms with Crippen LogP contribution in [-0.4, -0.2) is 13.5 Å². The van der Waals surface area contributed by atoms with E-state index in [4.69, 9.17) is 17.4 Å². The molecule has 5 nitrogen and oxygen atoms in total. The van der Waals surface area contributed by atoms with Gasteiger partial charge in [0.25, 0.3) is 0 Å². The van der Waals surface area contributed by atoms with Crippen molar-refractivity contribution in [3.63, 3.8) is 0 Å². The molecular formula is C13H12IN3O2S2. The maximum Gasteiger partial charge on any atom is 0.238 e. The normalized spacial score (nSPS) is 11.0. The van der Waals surface area contributed by atoms with E-state index in [1.807, 2.05) is 24.3 Å². The lowest BCUT2D eigenvalue weighted by Gasteiger charge is -2.12. The molecule has 0 aliphatic rings. The van der Waals surface area contributed by atoms with Gasteiger partial charge in [0.05, 0.1) is 10.6 Å². The van der Waals surface area contributed by atoms with Gasteiger partial charge in [-0.25, -0.2) is 13.6 Å². The van der Waals surface area contributed by atoms with Crippen molar-refractivity contribution >= 4 is 61.3 Å². The monoisotopic (exact) mass is 433 g/mol. The van der Waals surface area contributed by atoms with Gasteiger partial charge in [0.15, 0.2) is 5.11 Å². The highest BCUT2D eigenvalue weighted by Crippen LogP contribution is 2.18. The van der Waals surface area contributed by atoms with Crippen molar-refractivity contribution in [2.75, 3.05) is 10.6 Å². The van der Waals surface area contributed by atoms with Crippen LogP contribution >= 0.6 is 34.8 Å². The molecule has 8 heteroatoms. The van der Waals surface area contributed by atoms with Crippen molar-refractivity contribution in [2.45, 2.75) is 4.90 Å². The molecular weight excluding hydrogens is 421 g/mol. The first-order valence-corrected chi connectivity index (χ1v) is 8.85. The lowest BCUT2D eigenvalue weighted by Crippen LogP contribution is -2.20. The van der Waals surface area contributed by atoms with E-state index in [-0.39, 0.29) is 4.90 Å². The Morgan fingerprint density at radius 2 is 1.81 bits per heavy atom. The average molecular weight is 433 g/mol. The van der Waals surface area contributed by atoms with Gasteiger partial charge in [0, 0.05) is 9.26 Å². The molecule has 0 unspecified atom stereocenters. The third kappa shape index (κ3) is 4.63. The van der Waals surface area contributed by atoms with E-state index >= 15 is 0 Å². The minimum absolute atomic E-state index is 0.0320. The van der Waals surface area contributed by atoms with E-state index in [1.165, 1.54) is 12.1 Å². The van der Waals surface area contributed by atoms with Gasteiger partial charge in [-0.1, -0.05) is 18.2 Å². The second kappa shape index (κ2) is 6.69. The molecule has 0 spiro atoms. The van der Waals surface area contributed by atoms with Crippen LogP contribution in [0.2, 0.25) is 0 Å². The fourth-order valence-electron chi connectivity index (χ4n) is 1.60. The molecule has 0 bridgehead atoms. The number of rotatable bonds is 3. The second-order valence-electron chi connectivity index (χ2n) is 4.13. The summed E-state index contributed by atoms with van der Waals surface area (Å²) in [6.07, 6.45) is 0. The number of primary sulfonamides is 1. The number of thiocarbonyl (C=S) groups is 1. The Morgan fingerprint density at radius 3 is 2.48 bits per heavy atom. The molecule has 0 aliphatic carbocycles. The number of sulfonamides is 1. The Morgan fingerprint density at radius 1 is 1.10 bits per heavy atom. The van der Waals surface area contributed by atoms with E-state index in [2.05, 4.69) is 33.2 Å².